The molecular weight excluding hydrogens is 380 g/mol. The van der Waals surface area contributed by atoms with Crippen LogP contribution in [-0.2, 0) is 4.74 Å². The van der Waals surface area contributed by atoms with Crippen molar-refractivity contribution < 1.29 is 13.5 Å². The third-order valence-corrected chi connectivity index (χ3v) is 5.81. The predicted octanol–water partition coefficient (Wildman–Crippen LogP) is 4.16. The molecule has 10 heteroatoms. The summed E-state index contributed by atoms with van der Waals surface area (Å²) < 4.78 is 32.4. The smallest absolute Gasteiger partial charge is 0.297 e. The lowest BCUT2D eigenvalue weighted by molar-refractivity contribution is 0.120. The van der Waals surface area contributed by atoms with E-state index in [-0.39, 0.29) is 6.10 Å². The highest BCUT2D eigenvalue weighted by Crippen LogP contribution is 2.35. The molecule has 0 aliphatic carbocycles. The topological polar surface area (TPSA) is 72.8 Å². The quantitative estimate of drug-likeness (QED) is 0.628. The number of rotatable bonds is 6. The van der Waals surface area contributed by atoms with Crippen LogP contribution < -0.4 is 5.32 Å². The molecule has 0 bridgehead atoms. The van der Waals surface area contributed by atoms with Gasteiger partial charge in [0.25, 0.3) is 6.43 Å². The molecule has 6 nitrogen and oxygen atoms in total. The zero-order valence-electron chi connectivity index (χ0n) is 13.6. The highest BCUT2D eigenvalue weighted by molar-refractivity contribution is 8.01. The van der Waals surface area contributed by atoms with Crippen molar-refractivity contribution in [3.63, 3.8) is 0 Å². The van der Waals surface area contributed by atoms with Gasteiger partial charge in [-0.2, -0.15) is 0 Å². The van der Waals surface area contributed by atoms with Crippen LogP contribution in [0, 0.1) is 0 Å². The van der Waals surface area contributed by atoms with Gasteiger partial charge in [0, 0.05) is 18.5 Å². The summed E-state index contributed by atoms with van der Waals surface area (Å²) in [5.41, 5.74) is 0.488. The molecule has 1 aliphatic rings. The molecule has 0 amide bonds. The minimum Gasteiger partial charge on any atom is -0.376 e. The Morgan fingerprint density at radius 1 is 1.27 bits per heavy atom. The first-order valence-corrected chi connectivity index (χ1v) is 9.74. The number of benzene rings is 1. The normalized spacial score (nSPS) is 17.3. The number of hydrogen-bond donors (Lipinski definition) is 1. The van der Waals surface area contributed by atoms with Gasteiger partial charge < -0.3 is 10.1 Å². The fourth-order valence-electron chi connectivity index (χ4n) is 2.65. The predicted molar refractivity (Wildman–Crippen MR) is 96.0 cm³/mol. The molecule has 0 saturated carbocycles. The van der Waals surface area contributed by atoms with Crippen molar-refractivity contribution in [2.24, 2.45) is 0 Å². The van der Waals surface area contributed by atoms with Crippen molar-refractivity contribution in [1.29, 1.82) is 0 Å². The highest BCUT2D eigenvalue weighted by atomic mass is 32.2. The first-order chi connectivity index (χ1) is 12.7. The zero-order chi connectivity index (χ0) is 17.9. The summed E-state index contributed by atoms with van der Waals surface area (Å²) in [5.74, 6) is -0.479. The van der Waals surface area contributed by atoms with E-state index >= 15 is 0 Å². The van der Waals surface area contributed by atoms with E-state index in [1.807, 2.05) is 12.1 Å². The molecule has 2 aromatic heterocycles. The van der Waals surface area contributed by atoms with Gasteiger partial charge in [-0.05, 0) is 30.7 Å². The third-order valence-electron chi connectivity index (χ3n) is 3.88. The van der Waals surface area contributed by atoms with E-state index in [1.54, 1.807) is 12.1 Å². The monoisotopic (exact) mass is 395 g/mol. The first kappa shape index (κ1) is 17.5. The number of aromatic nitrogens is 4. The molecule has 0 spiro atoms. The number of anilines is 1. The van der Waals surface area contributed by atoms with Crippen molar-refractivity contribution in [3.05, 3.63) is 30.1 Å². The van der Waals surface area contributed by atoms with Crippen molar-refractivity contribution in [2.75, 3.05) is 18.5 Å². The standard InChI is InChI=1S/C16H15F2N5OS2/c17-12(18)13-20-11-6-2-1-5-10(11)14(21-13)25-16-23-22-15(26-16)19-8-9-4-3-7-24-9/h1-2,5-6,9,12H,3-4,7-8H2,(H,19,22). The maximum atomic E-state index is 13.1. The average molecular weight is 395 g/mol. The summed E-state index contributed by atoms with van der Waals surface area (Å²) in [4.78, 5) is 7.94. The Morgan fingerprint density at radius 3 is 2.96 bits per heavy atom. The summed E-state index contributed by atoms with van der Waals surface area (Å²) in [6.07, 6.45) is -0.403. The number of hydrogen-bond acceptors (Lipinski definition) is 8. The van der Waals surface area contributed by atoms with E-state index in [1.165, 1.54) is 23.1 Å². The van der Waals surface area contributed by atoms with E-state index in [9.17, 15) is 8.78 Å². The van der Waals surface area contributed by atoms with E-state index in [4.69, 9.17) is 4.74 Å². The number of alkyl halides is 2. The number of halogens is 2. The molecule has 1 unspecified atom stereocenters. The summed E-state index contributed by atoms with van der Waals surface area (Å²) in [6.45, 7) is 1.49. The van der Waals surface area contributed by atoms with Crippen molar-refractivity contribution in [3.8, 4) is 0 Å². The van der Waals surface area contributed by atoms with Crippen LogP contribution in [-0.4, -0.2) is 39.4 Å². The average Bonchev–Trinajstić information content (AvgIpc) is 3.31. The second-order valence-corrected chi connectivity index (χ2v) is 7.91. The fraction of sp³-hybridized carbons (Fsp3) is 0.375. The fourth-order valence-corrected chi connectivity index (χ4v) is 4.44. The van der Waals surface area contributed by atoms with Crippen molar-refractivity contribution >= 4 is 39.1 Å². The Hall–Kier alpha value is -1.91. The Balaban J connectivity index is 1.53. The maximum absolute atomic E-state index is 13.1. The minimum absolute atomic E-state index is 0.203. The van der Waals surface area contributed by atoms with Crippen molar-refractivity contribution in [1.82, 2.24) is 20.2 Å². The highest BCUT2D eigenvalue weighted by Gasteiger charge is 2.18. The lowest BCUT2D eigenvalue weighted by atomic mass is 10.2. The molecule has 0 radical (unpaired) electrons. The Kier molecular flexibility index (Phi) is 5.23. The lowest BCUT2D eigenvalue weighted by Crippen LogP contribution is -2.18. The van der Waals surface area contributed by atoms with Gasteiger partial charge in [-0.1, -0.05) is 29.5 Å². The number of fused-ring (bicyclic) bond motifs is 1. The molecule has 1 aliphatic heterocycles. The molecule has 1 atom stereocenters. The van der Waals surface area contributed by atoms with E-state index in [0.717, 1.165) is 19.4 Å². The van der Waals surface area contributed by atoms with Crippen molar-refractivity contribution in [2.45, 2.75) is 34.7 Å². The van der Waals surface area contributed by atoms with Crippen LogP contribution in [0.4, 0.5) is 13.9 Å². The third kappa shape index (κ3) is 3.92. The van der Waals surface area contributed by atoms with Crippen LogP contribution in [0.15, 0.2) is 33.6 Å². The SMILES string of the molecule is FC(F)c1nc(Sc2nnc(NCC3CCCO3)s2)c2ccccc2n1. The van der Waals surface area contributed by atoms with Gasteiger partial charge in [-0.25, -0.2) is 18.7 Å². The molecular formula is C16H15F2N5OS2. The molecule has 1 saturated heterocycles. The number of nitrogens with zero attached hydrogens (tertiary/aromatic N) is 4. The van der Waals surface area contributed by atoms with Crippen LogP contribution >= 0.6 is 23.1 Å². The van der Waals surface area contributed by atoms with Gasteiger partial charge in [0.1, 0.15) is 5.03 Å². The Morgan fingerprint density at radius 2 is 2.15 bits per heavy atom. The molecule has 136 valence electrons. The molecule has 1 fully saturated rings. The van der Waals surface area contributed by atoms with E-state index in [0.29, 0.717) is 31.9 Å². The number of ether oxygens (including phenoxy) is 1. The van der Waals surface area contributed by atoms with Gasteiger partial charge >= 0.3 is 0 Å². The van der Waals surface area contributed by atoms with Crippen LogP contribution in [0.25, 0.3) is 10.9 Å². The number of nitrogens with one attached hydrogen (secondary N) is 1. The molecule has 3 aromatic rings. The summed E-state index contributed by atoms with van der Waals surface area (Å²) in [7, 11) is 0. The van der Waals surface area contributed by atoms with Crippen LogP contribution in [0.3, 0.4) is 0 Å². The Bertz CT molecular complexity index is 901. The van der Waals surface area contributed by atoms with Gasteiger partial charge in [-0.3, -0.25) is 0 Å². The minimum atomic E-state index is -2.72. The zero-order valence-corrected chi connectivity index (χ0v) is 15.2. The van der Waals surface area contributed by atoms with Gasteiger partial charge in [-0.15, -0.1) is 10.2 Å². The summed E-state index contributed by atoms with van der Waals surface area (Å²) in [6, 6.07) is 7.09. The largest absolute Gasteiger partial charge is 0.376 e. The molecule has 1 N–H and O–H groups in total. The summed E-state index contributed by atoms with van der Waals surface area (Å²) in [5, 5.41) is 13.3. The van der Waals surface area contributed by atoms with Crippen LogP contribution in [0.2, 0.25) is 0 Å². The number of para-hydroxylation sites is 1. The van der Waals surface area contributed by atoms with Gasteiger partial charge in [0.15, 0.2) is 10.2 Å². The Labute approximate surface area is 156 Å². The summed E-state index contributed by atoms with van der Waals surface area (Å²) >= 11 is 2.58. The second-order valence-electron chi connectivity index (χ2n) is 5.70. The second kappa shape index (κ2) is 7.77. The molecule has 3 heterocycles. The maximum Gasteiger partial charge on any atom is 0.297 e. The lowest BCUT2D eigenvalue weighted by Gasteiger charge is -2.08. The molecule has 1 aromatic carbocycles. The molecule has 26 heavy (non-hydrogen) atoms. The van der Waals surface area contributed by atoms with Crippen LogP contribution in [0.5, 0.6) is 0 Å². The van der Waals surface area contributed by atoms with E-state index in [2.05, 4.69) is 25.5 Å². The molecule has 4 rings (SSSR count). The van der Waals surface area contributed by atoms with Crippen LogP contribution in [0.1, 0.15) is 25.1 Å². The van der Waals surface area contributed by atoms with Gasteiger partial charge in [0.05, 0.1) is 11.6 Å². The van der Waals surface area contributed by atoms with Gasteiger partial charge in [0.2, 0.25) is 5.13 Å². The first-order valence-electron chi connectivity index (χ1n) is 8.11. The van der Waals surface area contributed by atoms with E-state index < -0.39 is 12.2 Å².